The van der Waals surface area contributed by atoms with Gasteiger partial charge < -0.3 is 5.11 Å². The topological polar surface area (TPSA) is 32.6 Å². The molecule has 0 saturated carbocycles. The fraction of sp³-hybridized carbons (Fsp3) is 0.133. The van der Waals surface area contributed by atoms with Gasteiger partial charge in [0.25, 0.3) is 0 Å². The van der Waals surface area contributed by atoms with Crippen LogP contribution in [0.5, 0.6) is 5.75 Å². The highest BCUT2D eigenvalue weighted by Gasteiger charge is 2.05. The molecule has 2 nitrogen and oxygen atoms in total. The fourth-order valence-electron chi connectivity index (χ4n) is 1.63. The van der Waals surface area contributed by atoms with Crippen molar-refractivity contribution in [3.63, 3.8) is 0 Å². The Kier molecular flexibility index (Phi) is 4.27. The van der Waals surface area contributed by atoms with Crippen LogP contribution in [0, 0.1) is 13.8 Å². The summed E-state index contributed by atoms with van der Waals surface area (Å²) in [6, 6.07) is 9.38. The van der Waals surface area contributed by atoms with E-state index in [1.54, 1.807) is 18.3 Å². The molecule has 0 saturated heterocycles. The first kappa shape index (κ1) is 14.1. The summed E-state index contributed by atoms with van der Waals surface area (Å²) in [5.41, 5.74) is 3.84. The van der Waals surface area contributed by atoms with Crippen molar-refractivity contribution in [3.8, 4) is 5.75 Å². The molecule has 98 valence electrons. The van der Waals surface area contributed by atoms with E-state index in [0.717, 1.165) is 10.2 Å². The third-order valence-corrected chi connectivity index (χ3v) is 3.65. The predicted octanol–water partition coefficient (Wildman–Crippen LogP) is 5.18. The minimum Gasteiger partial charge on any atom is -0.506 e. The molecular formula is C15H13BrClNO. The quantitative estimate of drug-likeness (QED) is 0.752. The molecule has 0 spiro atoms. The highest BCUT2D eigenvalue weighted by Crippen LogP contribution is 2.30. The number of nitrogens with zero attached hydrogens (tertiary/aromatic N) is 1. The Balaban J connectivity index is 2.35. The van der Waals surface area contributed by atoms with Crippen LogP contribution in [0.1, 0.15) is 16.7 Å². The Morgan fingerprint density at radius 3 is 2.58 bits per heavy atom. The molecule has 0 radical (unpaired) electrons. The Labute approximate surface area is 125 Å². The van der Waals surface area contributed by atoms with Crippen LogP contribution >= 0.6 is 27.5 Å². The van der Waals surface area contributed by atoms with Crippen molar-refractivity contribution in [2.45, 2.75) is 13.8 Å². The van der Waals surface area contributed by atoms with Crippen molar-refractivity contribution in [1.29, 1.82) is 0 Å². The van der Waals surface area contributed by atoms with Gasteiger partial charge in [-0.1, -0.05) is 33.6 Å². The Bertz CT molecular complexity index is 653. The van der Waals surface area contributed by atoms with Gasteiger partial charge in [0.1, 0.15) is 5.75 Å². The lowest BCUT2D eigenvalue weighted by Crippen LogP contribution is -1.84. The van der Waals surface area contributed by atoms with Gasteiger partial charge in [0.15, 0.2) is 0 Å². The summed E-state index contributed by atoms with van der Waals surface area (Å²) >= 11 is 9.24. The van der Waals surface area contributed by atoms with Gasteiger partial charge in [0, 0.05) is 16.3 Å². The molecule has 0 aliphatic rings. The maximum atomic E-state index is 9.85. The molecule has 0 aromatic heterocycles. The summed E-state index contributed by atoms with van der Waals surface area (Å²) in [5.74, 6) is 0.0393. The molecule has 1 N–H and O–H groups in total. The van der Waals surface area contributed by atoms with Gasteiger partial charge in [-0.25, -0.2) is 0 Å². The number of aliphatic imine (C=N–C) groups is 1. The number of benzene rings is 2. The van der Waals surface area contributed by atoms with Gasteiger partial charge in [-0.2, -0.15) is 0 Å². The van der Waals surface area contributed by atoms with E-state index in [2.05, 4.69) is 27.8 Å². The molecule has 0 aliphatic carbocycles. The fourth-order valence-corrected chi connectivity index (χ4v) is 2.47. The molecular weight excluding hydrogens is 326 g/mol. The van der Waals surface area contributed by atoms with E-state index in [1.165, 1.54) is 11.1 Å². The van der Waals surface area contributed by atoms with Crippen molar-refractivity contribution < 1.29 is 5.11 Å². The van der Waals surface area contributed by atoms with Crippen molar-refractivity contribution in [2.75, 3.05) is 0 Å². The first-order valence-electron chi connectivity index (χ1n) is 5.76. The van der Waals surface area contributed by atoms with E-state index in [9.17, 15) is 5.11 Å². The van der Waals surface area contributed by atoms with Crippen LogP contribution in [0.2, 0.25) is 5.02 Å². The molecule has 0 heterocycles. The minimum absolute atomic E-state index is 0.0393. The van der Waals surface area contributed by atoms with Gasteiger partial charge in [-0.05, 0) is 49.2 Å². The Morgan fingerprint density at radius 2 is 1.89 bits per heavy atom. The van der Waals surface area contributed by atoms with E-state index in [4.69, 9.17) is 11.6 Å². The maximum absolute atomic E-state index is 9.85. The molecule has 4 heteroatoms. The standard InChI is InChI=1S/C15H13BrClNO/c1-9-3-4-13(5-10(9)2)18-8-11-6-12(16)7-14(17)15(11)19/h3-8,19H,1-2H3. The zero-order chi connectivity index (χ0) is 14.0. The Hall–Kier alpha value is -1.32. The number of rotatable bonds is 2. The second-order valence-corrected chi connectivity index (χ2v) is 5.68. The van der Waals surface area contributed by atoms with Gasteiger partial charge in [0.2, 0.25) is 0 Å². The van der Waals surface area contributed by atoms with Crippen LogP contribution in [0.3, 0.4) is 0 Å². The van der Waals surface area contributed by atoms with Crippen LogP contribution in [-0.2, 0) is 0 Å². The zero-order valence-corrected chi connectivity index (χ0v) is 13.0. The monoisotopic (exact) mass is 337 g/mol. The molecule has 0 unspecified atom stereocenters. The maximum Gasteiger partial charge on any atom is 0.143 e. The number of phenolic OH excluding ortho intramolecular Hbond substituents is 1. The summed E-state index contributed by atoms with van der Waals surface area (Å²) in [6.07, 6.45) is 1.61. The minimum atomic E-state index is 0.0393. The van der Waals surface area contributed by atoms with Gasteiger partial charge in [0.05, 0.1) is 10.7 Å². The summed E-state index contributed by atoms with van der Waals surface area (Å²) in [7, 11) is 0. The van der Waals surface area contributed by atoms with Crippen LogP contribution in [0.15, 0.2) is 39.8 Å². The number of halogens is 2. The van der Waals surface area contributed by atoms with Crippen LogP contribution in [0.25, 0.3) is 0 Å². The molecule has 2 rings (SSSR count). The second kappa shape index (κ2) is 5.76. The third kappa shape index (κ3) is 3.37. The van der Waals surface area contributed by atoms with Crippen LogP contribution < -0.4 is 0 Å². The molecule has 0 amide bonds. The summed E-state index contributed by atoms with van der Waals surface area (Å²) < 4.78 is 0.803. The normalized spacial score (nSPS) is 11.2. The first-order valence-corrected chi connectivity index (χ1v) is 6.94. The van der Waals surface area contributed by atoms with E-state index in [0.29, 0.717) is 10.6 Å². The lowest BCUT2D eigenvalue weighted by molar-refractivity contribution is 0.474. The summed E-state index contributed by atoms with van der Waals surface area (Å²) in [5, 5.41) is 10.2. The van der Waals surface area contributed by atoms with Gasteiger partial charge in [-0.15, -0.1) is 0 Å². The molecule has 0 aliphatic heterocycles. The van der Waals surface area contributed by atoms with E-state index in [-0.39, 0.29) is 5.75 Å². The lowest BCUT2D eigenvalue weighted by Gasteiger charge is -2.03. The number of aryl methyl sites for hydroxylation is 2. The van der Waals surface area contributed by atoms with Crippen LogP contribution in [-0.4, -0.2) is 11.3 Å². The second-order valence-electron chi connectivity index (χ2n) is 4.35. The number of hydrogen-bond acceptors (Lipinski definition) is 2. The van der Waals surface area contributed by atoms with Crippen molar-refractivity contribution in [2.24, 2.45) is 4.99 Å². The smallest absolute Gasteiger partial charge is 0.143 e. The predicted molar refractivity (Wildman–Crippen MR) is 84.0 cm³/mol. The van der Waals surface area contributed by atoms with E-state index in [1.807, 2.05) is 25.1 Å². The lowest BCUT2D eigenvalue weighted by atomic mass is 10.1. The SMILES string of the molecule is Cc1ccc(N=Cc2cc(Br)cc(Cl)c2O)cc1C. The number of aromatic hydroxyl groups is 1. The molecule has 0 fully saturated rings. The van der Waals surface area contributed by atoms with E-state index < -0.39 is 0 Å². The van der Waals surface area contributed by atoms with Crippen molar-refractivity contribution in [3.05, 3.63) is 56.5 Å². The van der Waals surface area contributed by atoms with Crippen molar-refractivity contribution >= 4 is 39.4 Å². The number of hydrogen-bond donors (Lipinski definition) is 1. The van der Waals surface area contributed by atoms with Crippen molar-refractivity contribution in [1.82, 2.24) is 0 Å². The Morgan fingerprint density at radius 1 is 1.16 bits per heavy atom. The summed E-state index contributed by atoms with van der Waals surface area (Å²) in [6.45, 7) is 4.10. The molecule has 0 bridgehead atoms. The molecule has 2 aromatic rings. The zero-order valence-electron chi connectivity index (χ0n) is 10.6. The molecule has 0 atom stereocenters. The van der Waals surface area contributed by atoms with Crippen LogP contribution in [0.4, 0.5) is 5.69 Å². The summed E-state index contributed by atoms with van der Waals surface area (Å²) in [4.78, 5) is 4.36. The van der Waals surface area contributed by atoms with Gasteiger partial charge in [-0.3, -0.25) is 4.99 Å². The number of phenols is 1. The molecule has 19 heavy (non-hydrogen) atoms. The largest absolute Gasteiger partial charge is 0.506 e. The molecule has 2 aromatic carbocycles. The van der Waals surface area contributed by atoms with Gasteiger partial charge >= 0.3 is 0 Å². The highest BCUT2D eigenvalue weighted by molar-refractivity contribution is 9.10. The van der Waals surface area contributed by atoms with E-state index >= 15 is 0 Å². The average Bonchev–Trinajstić information content (AvgIpc) is 2.36. The first-order chi connectivity index (χ1) is 8.97. The third-order valence-electron chi connectivity index (χ3n) is 2.90. The average molecular weight is 339 g/mol. The highest BCUT2D eigenvalue weighted by atomic mass is 79.9.